The summed E-state index contributed by atoms with van der Waals surface area (Å²) in [7, 11) is 1.61. The maximum absolute atomic E-state index is 12.7. The van der Waals surface area contributed by atoms with Crippen LogP contribution in [0, 0.1) is 10.1 Å². The molecule has 3 aromatic rings. The molecule has 1 N–H and O–H groups in total. The topological polar surface area (TPSA) is 122 Å². The first kappa shape index (κ1) is 25.1. The first-order chi connectivity index (χ1) is 17.2. The number of halogens is 1. The molecule has 11 heteroatoms. The molecule has 36 heavy (non-hydrogen) atoms. The molecule has 1 aliphatic heterocycles. The molecule has 3 aromatic carbocycles. The van der Waals surface area contributed by atoms with Crippen molar-refractivity contribution >= 4 is 62.2 Å². The fourth-order valence-corrected chi connectivity index (χ4v) is 4.76. The van der Waals surface area contributed by atoms with Crippen molar-refractivity contribution in [1.29, 1.82) is 0 Å². The molecule has 1 amide bonds. The summed E-state index contributed by atoms with van der Waals surface area (Å²) in [6.07, 6.45) is 1.73. The van der Waals surface area contributed by atoms with Gasteiger partial charge < -0.3 is 9.84 Å². The lowest BCUT2D eigenvalue weighted by Crippen LogP contribution is -2.23. The lowest BCUT2D eigenvalue weighted by Gasteiger charge is -2.09. The van der Waals surface area contributed by atoms with E-state index in [9.17, 15) is 24.8 Å². The van der Waals surface area contributed by atoms with Gasteiger partial charge in [0.1, 0.15) is 12.4 Å². The molecule has 0 aliphatic carbocycles. The molecule has 0 atom stereocenters. The molecule has 1 fully saturated rings. The number of amidine groups is 1. The highest BCUT2D eigenvalue weighted by Gasteiger charge is 2.30. The van der Waals surface area contributed by atoms with Crippen molar-refractivity contribution in [2.24, 2.45) is 4.99 Å². The van der Waals surface area contributed by atoms with E-state index < -0.39 is 10.9 Å². The summed E-state index contributed by atoms with van der Waals surface area (Å²) in [5.74, 6) is -0.730. The number of hydrogen-bond acceptors (Lipinski definition) is 7. The van der Waals surface area contributed by atoms with Gasteiger partial charge in [0.05, 0.1) is 25.6 Å². The van der Waals surface area contributed by atoms with Crippen LogP contribution < -0.4 is 4.74 Å². The number of aliphatic imine (C=N–C) groups is 1. The van der Waals surface area contributed by atoms with Crippen molar-refractivity contribution in [3.05, 3.63) is 103 Å². The Balaban J connectivity index is 1.49. The van der Waals surface area contributed by atoms with Crippen LogP contribution in [-0.4, -0.2) is 39.0 Å². The van der Waals surface area contributed by atoms with Crippen molar-refractivity contribution in [2.75, 3.05) is 7.05 Å². The number of hydrogen-bond donors (Lipinski definition) is 1. The second-order valence-corrected chi connectivity index (χ2v) is 9.49. The zero-order chi connectivity index (χ0) is 25.8. The minimum atomic E-state index is -1.05. The minimum Gasteiger partial charge on any atom is -0.488 e. The van der Waals surface area contributed by atoms with Gasteiger partial charge in [-0.2, -0.15) is 0 Å². The molecule has 0 radical (unpaired) electrons. The number of amides is 1. The minimum absolute atomic E-state index is 0.00154. The molecule has 0 unspecified atom stereocenters. The second kappa shape index (κ2) is 10.8. The second-order valence-electron chi connectivity index (χ2n) is 7.63. The highest BCUT2D eigenvalue weighted by molar-refractivity contribution is 9.10. The van der Waals surface area contributed by atoms with Gasteiger partial charge in [0.15, 0.2) is 5.17 Å². The molecule has 0 saturated carbocycles. The SMILES string of the molecule is CN1C(=O)/C(=C/c2ccc(OCc3cccc([N+](=O)[O-])c3)c(Br)c2)SC1=Nc1cccc(C(=O)O)c1. The summed E-state index contributed by atoms with van der Waals surface area (Å²) >= 11 is 4.66. The van der Waals surface area contributed by atoms with Gasteiger partial charge in [0.25, 0.3) is 11.6 Å². The van der Waals surface area contributed by atoms with Gasteiger partial charge in [-0.3, -0.25) is 19.8 Å². The summed E-state index contributed by atoms with van der Waals surface area (Å²) in [5, 5.41) is 20.6. The number of carbonyl (C=O) groups is 2. The number of carboxylic acids is 1. The highest BCUT2D eigenvalue weighted by Crippen LogP contribution is 2.35. The van der Waals surface area contributed by atoms with Gasteiger partial charge in [-0.15, -0.1) is 0 Å². The molecule has 0 bridgehead atoms. The summed E-state index contributed by atoms with van der Waals surface area (Å²) in [5.41, 5.74) is 1.97. The summed E-state index contributed by atoms with van der Waals surface area (Å²) < 4.78 is 6.46. The molecule has 0 aromatic heterocycles. The van der Waals surface area contributed by atoms with Gasteiger partial charge in [-0.25, -0.2) is 9.79 Å². The first-order valence-corrected chi connectivity index (χ1v) is 12.1. The number of carbonyl (C=O) groups excluding carboxylic acids is 1. The van der Waals surface area contributed by atoms with Gasteiger partial charge in [0.2, 0.25) is 0 Å². The van der Waals surface area contributed by atoms with Crippen LogP contribution >= 0.6 is 27.7 Å². The summed E-state index contributed by atoms with van der Waals surface area (Å²) in [6, 6.07) is 17.8. The average molecular weight is 568 g/mol. The zero-order valence-corrected chi connectivity index (χ0v) is 21.2. The number of benzene rings is 3. The van der Waals surface area contributed by atoms with Crippen LogP contribution in [0.1, 0.15) is 21.5 Å². The standard InChI is InChI=1S/C25H18BrN3O6S/c1-28-23(30)22(36-25(28)27-18-6-3-5-17(13-18)24(31)32)12-15-8-9-21(20(26)11-15)35-14-16-4-2-7-19(10-16)29(33)34/h2-13H,14H2,1H3,(H,31,32)/b22-12-,27-25?. The maximum atomic E-state index is 12.7. The van der Waals surface area contributed by atoms with E-state index in [1.807, 2.05) is 0 Å². The Labute approximate surface area is 218 Å². The molecular formula is C25H18BrN3O6S. The van der Waals surface area contributed by atoms with E-state index >= 15 is 0 Å². The van der Waals surface area contributed by atoms with E-state index in [0.717, 1.165) is 5.56 Å². The molecule has 182 valence electrons. The van der Waals surface area contributed by atoms with Crippen LogP contribution in [0.2, 0.25) is 0 Å². The number of aromatic carboxylic acids is 1. The predicted octanol–water partition coefficient (Wildman–Crippen LogP) is 5.87. The monoisotopic (exact) mass is 567 g/mol. The normalized spacial score (nSPS) is 15.5. The fraction of sp³-hybridized carbons (Fsp3) is 0.0800. The summed E-state index contributed by atoms with van der Waals surface area (Å²) in [4.78, 5) is 40.8. The molecule has 9 nitrogen and oxygen atoms in total. The van der Waals surface area contributed by atoms with E-state index in [1.165, 1.54) is 40.9 Å². The van der Waals surface area contributed by atoms with Crippen LogP contribution in [-0.2, 0) is 11.4 Å². The van der Waals surface area contributed by atoms with E-state index in [4.69, 9.17) is 4.74 Å². The molecular weight excluding hydrogens is 550 g/mol. The lowest BCUT2D eigenvalue weighted by atomic mass is 10.2. The van der Waals surface area contributed by atoms with Crippen molar-refractivity contribution in [1.82, 2.24) is 4.90 Å². The van der Waals surface area contributed by atoms with Crippen LogP contribution in [0.15, 0.2) is 81.1 Å². The molecule has 1 aliphatic rings. The Morgan fingerprint density at radius 2 is 1.97 bits per heavy atom. The van der Waals surface area contributed by atoms with Gasteiger partial charge >= 0.3 is 5.97 Å². The van der Waals surface area contributed by atoms with Gasteiger partial charge in [-0.05, 0) is 75.2 Å². The first-order valence-electron chi connectivity index (χ1n) is 10.5. The van der Waals surface area contributed by atoms with E-state index in [-0.39, 0.29) is 23.8 Å². The predicted molar refractivity (Wildman–Crippen MR) is 140 cm³/mol. The number of carboxylic acid groups (broad SMARTS) is 1. The third-order valence-corrected chi connectivity index (χ3v) is 6.77. The Bertz CT molecular complexity index is 1440. The molecule has 4 rings (SSSR count). The van der Waals surface area contributed by atoms with Crippen molar-refractivity contribution in [3.8, 4) is 5.75 Å². The van der Waals surface area contributed by atoms with E-state index in [0.29, 0.717) is 31.5 Å². The van der Waals surface area contributed by atoms with Crippen molar-refractivity contribution in [3.63, 3.8) is 0 Å². The molecule has 1 heterocycles. The van der Waals surface area contributed by atoms with Crippen molar-refractivity contribution in [2.45, 2.75) is 6.61 Å². The lowest BCUT2D eigenvalue weighted by molar-refractivity contribution is -0.384. The Kier molecular flexibility index (Phi) is 7.51. The Morgan fingerprint density at radius 3 is 2.69 bits per heavy atom. The largest absolute Gasteiger partial charge is 0.488 e. The number of likely N-dealkylation sites (N-methyl/N-ethyl adjacent to an activating group) is 1. The van der Waals surface area contributed by atoms with E-state index in [2.05, 4.69) is 20.9 Å². The quantitative estimate of drug-likeness (QED) is 0.215. The number of nitrogens with zero attached hydrogens (tertiary/aromatic N) is 3. The number of non-ortho nitro benzene ring substituents is 1. The van der Waals surface area contributed by atoms with E-state index in [1.54, 1.807) is 55.6 Å². The number of ether oxygens (including phenoxy) is 1. The Hall–Kier alpha value is -3.96. The maximum Gasteiger partial charge on any atom is 0.335 e. The van der Waals surface area contributed by atoms with Gasteiger partial charge in [-0.1, -0.05) is 24.3 Å². The third-order valence-electron chi connectivity index (χ3n) is 5.09. The van der Waals surface area contributed by atoms with Crippen LogP contribution in [0.3, 0.4) is 0 Å². The average Bonchev–Trinajstić information content (AvgIpc) is 3.11. The Morgan fingerprint density at radius 1 is 1.19 bits per heavy atom. The smallest absolute Gasteiger partial charge is 0.335 e. The fourth-order valence-electron chi connectivity index (χ4n) is 3.27. The zero-order valence-electron chi connectivity index (χ0n) is 18.8. The van der Waals surface area contributed by atoms with Crippen LogP contribution in [0.25, 0.3) is 6.08 Å². The number of nitro benzene ring substituents is 1. The number of nitro groups is 1. The summed E-state index contributed by atoms with van der Waals surface area (Å²) in [6.45, 7) is 0.156. The third kappa shape index (κ3) is 5.81. The van der Waals surface area contributed by atoms with Gasteiger partial charge in [0, 0.05) is 19.2 Å². The number of thioether (sulfide) groups is 1. The van der Waals surface area contributed by atoms with Crippen molar-refractivity contribution < 1.29 is 24.4 Å². The molecule has 0 spiro atoms. The molecule has 1 saturated heterocycles. The number of rotatable bonds is 7. The van der Waals surface area contributed by atoms with Crippen LogP contribution in [0.4, 0.5) is 11.4 Å². The highest BCUT2D eigenvalue weighted by atomic mass is 79.9. The van der Waals surface area contributed by atoms with Crippen LogP contribution in [0.5, 0.6) is 5.75 Å².